The largest absolute Gasteiger partial charge is 0.497 e. The smallest absolute Gasteiger partial charge is 0.195 e. The van der Waals surface area contributed by atoms with E-state index >= 15 is 0 Å². The fourth-order valence-electron chi connectivity index (χ4n) is 4.72. The molecule has 0 N–H and O–H groups in total. The highest BCUT2D eigenvalue weighted by molar-refractivity contribution is 5.72. The van der Waals surface area contributed by atoms with Gasteiger partial charge in [0.1, 0.15) is 24.3 Å². The molecule has 1 aliphatic rings. The van der Waals surface area contributed by atoms with Crippen molar-refractivity contribution in [3.05, 3.63) is 66.5 Å². The number of nitrogens with zero attached hydrogens (tertiary/aromatic N) is 6. The second-order valence-electron chi connectivity index (χ2n) is 9.05. The summed E-state index contributed by atoms with van der Waals surface area (Å²) < 4.78 is 28.0. The molecule has 36 heavy (non-hydrogen) atoms. The number of hydrogen-bond donors (Lipinski definition) is 0. The van der Waals surface area contributed by atoms with Gasteiger partial charge in [0.05, 0.1) is 12.7 Å². The molecule has 1 fully saturated rings. The molecule has 0 amide bonds. The minimum Gasteiger partial charge on any atom is -0.497 e. The fraction of sp³-hybridized carbons (Fsp3) is 0.370. The summed E-state index contributed by atoms with van der Waals surface area (Å²) in [6.45, 7) is 4.54. The van der Waals surface area contributed by atoms with Crippen LogP contribution in [0.4, 0.5) is 10.2 Å². The van der Waals surface area contributed by atoms with Gasteiger partial charge in [-0.1, -0.05) is 37.3 Å². The maximum absolute atomic E-state index is 14.4. The Morgan fingerprint density at radius 1 is 1.11 bits per heavy atom. The lowest BCUT2D eigenvalue weighted by Crippen LogP contribution is -2.51. The van der Waals surface area contributed by atoms with E-state index < -0.39 is 6.17 Å². The number of fused-ring (bicyclic) bond motifs is 1. The van der Waals surface area contributed by atoms with Gasteiger partial charge in [-0.3, -0.25) is 9.30 Å². The first-order chi connectivity index (χ1) is 17.6. The summed E-state index contributed by atoms with van der Waals surface area (Å²) in [5.41, 5.74) is 2.49. The van der Waals surface area contributed by atoms with Crippen LogP contribution in [0.5, 0.6) is 11.5 Å². The van der Waals surface area contributed by atoms with Crippen LogP contribution in [0.2, 0.25) is 0 Å². The van der Waals surface area contributed by atoms with Gasteiger partial charge in [-0.2, -0.15) is 0 Å². The van der Waals surface area contributed by atoms with Crippen LogP contribution in [0, 0.1) is 0 Å². The van der Waals surface area contributed by atoms with E-state index in [4.69, 9.17) is 9.47 Å². The van der Waals surface area contributed by atoms with Gasteiger partial charge in [0.2, 0.25) is 0 Å². The van der Waals surface area contributed by atoms with Crippen LogP contribution in [0.3, 0.4) is 0 Å². The first-order valence-corrected chi connectivity index (χ1v) is 12.2. The molecule has 1 saturated heterocycles. The van der Waals surface area contributed by atoms with Gasteiger partial charge in [-0.25, -0.2) is 9.37 Å². The quantitative estimate of drug-likeness (QED) is 0.366. The first kappa shape index (κ1) is 24.0. The Hall–Kier alpha value is -3.72. The van der Waals surface area contributed by atoms with Crippen LogP contribution < -0.4 is 14.4 Å². The summed E-state index contributed by atoms with van der Waals surface area (Å²) in [5.74, 6) is 2.55. The standard InChI is InChI=1S/C27H31FN6O2/c1-4-33-16-20(28)14-21(17-33)32(2)27-26-29-12-13-34(26)25(30-31-27)23-11-10-22(35-3)15-24(23)36-18-19-8-6-5-7-9-19/h5-13,15,20-21H,4,14,16-18H2,1-3H3/t20-,21?/m1/s1. The van der Waals surface area contributed by atoms with Crippen molar-refractivity contribution in [1.29, 1.82) is 0 Å². The van der Waals surface area contributed by atoms with Gasteiger partial charge in [0.15, 0.2) is 17.3 Å². The molecule has 0 saturated carbocycles. The lowest BCUT2D eigenvalue weighted by molar-refractivity contribution is 0.127. The molecule has 5 rings (SSSR count). The third kappa shape index (κ3) is 4.83. The highest BCUT2D eigenvalue weighted by atomic mass is 19.1. The van der Waals surface area contributed by atoms with Crippen molar-refractivity contribution < 1.29 is 13.9 Å². The molecule has 9 heteroatoms. The highest BCUT2D eigenvalue weighted by Gasteiger charge is 2.31. The Morgan fingerprint density at radius 3 is 2.72 bits per heavy atom. The molecular formula is C27H31FN6O2. The monoisotopic (exact) mass is 490 g/mol. The number of likely N-dealkylation sites (tertiary alicyclic amines) is 1. The molecule has 188 valence electrons. The summed E-state index contributed by atoms with van der Waals surface area (Å²) in [4.78, 5) is 8.72. The summed E-state index contributed by atoms with van der Waals surface area (Å²) >= 11 is 0. The van der Waals surface area contributed by atoms with Crippen molar-refractivity contribution >= 4 is 11.5 Å². The molecule has 2 aromatic carbocycles. The number of imidazole rings is 1. The number of methoxy groups -OCH3 is 1. The number of benzene rings is 2. The van der Waals surface area contributed by atoms with E-state index in [0.717, 1.165) is 24.2 Å². The van der Waals surface area contributed by atoms with Crippen LogP contribution in [0.15, 0.2) is 60.9 Å². The van der Waals surface area contributed by atoms with E-state index in [0.29, 0.717) is 48.4 Å². The number of alkyl halides is 1. The molecule has 0 radical (unpaired) electrons. The number of piperidine rings is 1. The van der Waals surface area contributed by atoms with Gasteiger partial charge >= 0.3 is 0 Å². The number of anilines is 1. The predicted octanol–water partition coefficient (Wildman–Crippen LogP) is 4.25. The number of hydrogen-bond acceptors (Lipinski definition) is 7. The molecule has 0 aliphatic carbocycles. The Bertz CT molecular complexity index is 1310. The van der Waals surface area contributed by atoms with Gasteiger partial charge in [0, 0.05) is 51.1 Å². The summed E-state index contributed by atoms with van der Waals surface area (Å²) in [6, 6.07) is 15.6. The van der Waals surface area contributed by atoms with E-state index in [1.54, 1.807) is 13.3 Å². The summed E-state index contributed by atoms with van der Waals surface area (Å²) in [7, 11) is 3.57. The molecule has 8 nitrogen and oxygen atoms in total. The predicted molar refractivity (Wildman–Crippen MR) is 137 cm³/mol. The molecule has 1 unspecified atom stereocenters. The van der Waals surface area contributed by atoms with E-state index in [1.807, 2.05) is 71.1 Å². The van der Waals surface area contributed by atoms with Crippen molar-refractivity contribution in [2.24, 2.45) is 0 Å². The van der Waals surface area contributed by atoms with E-state index in [9.17, 15) is 4.39 Å². The van der Waals surface area contributed by atoms with Crippen LogP contribution in [-0.4, -0.2) is 70.5 Å². The fourth-order valence-corrected chi connectivity index (χ4v) is 4.72. The highest BCUT2D eigenvalue weighted by Crippen LogP contribution is 2.34. The number of halogens is 1. The molecule has 0 bridgehead atoms. The first-order valence-electron chi connectivity index (χ1n) is 12.2. The maximum atomic E-state index is 14.4. The van der Waals surface area contributed by atoms with Crippen LogP contribution in [0.1, 0.15) is 18.9 Å². The van der Waals surface area contributed by atoms with Crippen molar-refractivity contribution in [3.63, 3.8) is 0 Å². The zero-order valence-corrected chi connectivity index (χ0v) is 20.8. The maximum Gasteiger partial charge on any atom is 0.195 e. The normalized spacial score (nSPS) is 18.3. The zero-order valence-electron chi connectivity index (χ0n) is 20.8. The van der Waals surface area contributed by atoms with Gasteiger partial charge in [0.25, 0.3) is 0 Å². The van der Waals surface area contributed by atoms with Gasteiger partial charge in [-0.15, -0.1) is 10.2 Å². The minimum atomic E-state index is -0.863. The number of rotatable bonds is 8. The third-order valence-electron chi connectivity index (χ3n) is 6.76. The topological polar surface area (TPSA) is 68.0 Å². The molecule has 4 aromatic rings. The molecule has 2 atom stereocenters. The zero-order chi connectivity index (χ0) is 25.1. The molecular weight excluding hydrogens is 459 g/mol. The van der Waals surface area contributed by atoms with Crippen molar-refractivity contribution in [2.45, 2.75) is 32.2 Å². The van der Waals surface area contributed by atoms with Crippen LogP contribution in [0.25, 0.3) is 17.0 Å². The third-order valence-corrected chi connectivity index (χ3v) is 6.76. The van der Waals surface area contributed by atoms with Gasteiger partial charge in [-0.05, 0) is 24.2 Å². The number of aromatic nitrogens is 4. The van der Waals surface area contributed by atoms with Gasteiger partial charge < -0.3 is 14.4 Å². The number of ether oxygens (including phenoxy) is 2. The summed E-state index contributed by atoms with van der Waals surface area (Å²) in [5, 5.41) is 9.17. The Balaban J connectivity index is 1.49. The Kier molecular flexibility index (Phi) is 6.99. The van der Waals surface area contributed by atoms with Crippen LogP contribution >= 0.6 is 0 Å². The van der Waals surface area contributed by atoms with Crippen LogP contribution in [-0.2, 0) is 6.61 Å². The van der Waals surface area contributed by atoms with E-state index in [2.05, 4.69) is 27.0 Å². The second kappa shape index (κ2) is 10.5. The Labute approximate surface area is 210 Å². The second-order valence-corrected chi connectivity index (χ2v) is 9.05. The average Bonchev–Trinajstić information content (AvgIpc) is 3.41. The van der Waals surface area contributed by atoms with E-state index in [1.165, 1.54) is 0 Å². The average molecular weight is 491 g/mol. The summed E-state index contributed by atoms with van der Waals surface area (Å²) in [6.07, 6.45) is 3.18. The molecule has 0 spiro atoms. The number of likely N-dealkylation sites (N-methyl/N-ethyl adjacent to an activating group) is 2. The minimum absolute atomic E-state index is 0.0138. The Morgan fingerprint density at radius 2 is 1.94 bits per heavy atom. The van der Waals surface area contributed by atoms with Crippen molar-refractivity contribution in [3.8, 4) is 22.9 Å². The lowest BCUT2D eigenvalue weighted by atomic mass is 10.0. The lowest BCUT2D eigenvalue weighted by Gasteiger charge is -2.39. The molecule has 2 aromatic heterocycles. The van der Waals surface area contributed by atoms with Crippen molar-refractivity contribution in [2.75, 3.05) is 38.7 Å². The molecule has 3 heterocycles. The SMILES string of the molecule is CCN1CC(N(C)c2nnc(-c3ccc(OC)cc3OCc3ccccc3)n3ccnc23)C[C@@H](F)C1. The van der Waals surface area contributed by atoms with E-state index in [-0.39, 0.29) is 6.04 Å². The van der Waals surface area contributed by atoms with Crippen molar-refractivity contribution in [1.82, 2.24) is 24.5 Å². The molecule has 1 aliphatic heterocycles.